The highest BCUT2D eigenvalue weighted by atomic mass is 16.5. The second-order valence-electron chi connectivity index (χ2n) is 3.64. The Morgan fingerprint density at radius 2 is 2.50 bits per heavy atom. The number of hydrogen-bond acceptors (Lipinski definition) is 4. The van der Waals surface area contributed by atoms with Crippen molar-refractivity contribution in [2.24, 2.45) is 5.73 Å². The van der Waals surface area contributed by atoms with Gasteiger partial charge in [-0.25, -0.2) is 4.98 Å². The molecule has 1 rings (SSSR count). The molecule has 6 heteroatoms. The molecule has 6 nitrogen and oxygen atoms in total. The fourth-order valence-electron chi connectivity index (χ4n) is 1.34. The number of nitrogens with two attached hydrogens (primary N) is 1. The van der Waals surface area contributed by atoms with E-state index in [2.05, 4.69) is 9.97 Å². The van der Waals surface area contributed by atoms with Gasteiger partial charge in [0, 0.05) is 39.0 Å². The summed E-state index contributed by atoms with van der Waals surface area (Å²) in [4.78, 5) is 20.2. The van der Waals surface area contributed by atoms with E-state index >= 15 is 0 Å². The minimum Gasteiger partial charge on any atom is -0.383 e. The fourth-order valence-corrected chi connectivity index (χ4v) is 1.34. The molecule has 1 aromatic heterocycles. The molecule has 0 unspecified atom stereocenters. The van der Waals surface area contributed by atoms with Gasteiger partial charge in [0.25, 0.3) is 0 Å². The van der Waals surface area contributed by atoms with Crippen LogP contribution in [0.1, 0.15) is 5.69 Å². The van der Waals surface area contributed by atoms with Crippen molar-refractivity contribution >= 4 is 5.91 Å². The zero-order valence-electron chi connectivity index (χ0n) is 9.64. The van der Waals surface area contributed by atoms with Gasteiger partial charge in [0.2, 0.25) is 5.91 Å². The molecule has 90 valence electrons. The van der Waals surface area contributed by atoms with Crippen LogP contribution in [-0.4, -0.2) is 54.1 Å². The number of nitrogens with one attached hydrogen (secondary N) is 1. The second-order valence-corrected chi connectivity index (χ2v) is 3.64. The molecule has 0 saturated carbocycles. The van der Waals surface area contributed by atoms with Crippen molar-refractivity contribution in [3.8, 4) is 0 Å². The monoisotopic (exact) mass is 226 g/mol. The van der Waals surface area contributed by atoms with Gasteiger partial charge < -0.3 is 20.4 Å². The maximum absolute atomic E-state index is 11.8. The Hall–Kier alpha value is -1.40. The molecule has 0 bridgehead atoms. The van der Waals surface area contributed by atoms with Crippen LogP contribution >= 0.6 is 0 Å². The Morgan fingerprint density at radius 1 is 1.75 bits per heavy atom. The van der Waals surface area contributed by atoms with Gasteiger partial charge in [-0.05, 0) is 0 Å². The molecule has 0 saturated heterocycles. The lowest BCUT2D eigenvalue weighted by molar-refractivity contribution is -0.131. The van der Waals surface area contributed by atoms with Crippen LogP contribution < -0.4 is 5.73 Å². The number of imidazole rings is 1. The van der Waals surface area contributed by atoms with Crippen LogP contribution in [0.2, 0.25) is 0 Å². The lowest BCUT2D eigenvalue weighted by Crippen LogP contribution is -2.44. The average Bonchev–Trinajstić information content (AvgIpc) is 2.77. The smallest absolute Gasteiger partial charge is 0.239 e. The van der Waals surface area contributed by atoms with Crippen molar-refractivity contribution in [2.75, 3.05) is 27.3 Å². The van der Waals surface area contributed by atoms with Crippen LogP contribution in [0.25, 0.3) is 0 Å². The average molecular weight is 226 g/mol. The fraction of sp³-hybridized carbons (Fsp3) is 0.600. The normalized spacial score (nSPS) is 12.4. The third-order valence-corrected chi connectivity index (χ3v) is 2.32. The molecular formula is C10H18N4O2. The molecule has 0 fully saturated rings. The lowest BCUT2D eigenvalue weighted by atomic mass is 10.1. The Morgan fingerprint density at radius 3 is 3.06 bits per heavy atom. The van der Waals surface area contributed by atoms with Gasteiger partial charge in [-0.1, -0.05) is 0 Å². The zero-order chi connectivity index (χ0) is 12.0. The number of hydrogen-bond donors (Lipinski definition) is 2. The minimum atomic E-state index is -0.540. The van der Waals surface area contributed by atoms with Gasteiger partial charge in [-0.15, -0.1) is 0 Å². The predicted octanol–water partition coefficient (Wildman–Crippen LogP) is -0.616. The highest BCUT2D eigenvalue weighted by Crippen LogP contribution is 1.99. The maximum atomic E-state index is 11.8. The van der Waals surface area contributed by atoms with Crippen LogP contribution in [-0.2, 0) is 16.0 Å². The lowest BCUT2D eigenvalue weighted by Gasteiger charge is -2.20. The molecule has 0 spiro atoms. The molecule has 3 N–H and O–H groups in total. The third-order valence-electron chi connectivity index (χ3n) is 2.32. The number of nitrogens with zero attached hydrogens (tertiary/aromatic N) is 2. The molecule has 16 heavy (non-hydrogen) atoms. The number of ether oxygens (including phenoxy) is 1. The van der Waals surface area contributed by atoms with Gasteiger partial charge in [0.1, 0.15) is 0 Å². The number of aromatic nitrogens is 2. The van der Waals surface area contributed by atoms with Gasteiger partial charge in [-0.3, -0.25) is 4.79 Å². The summed E-state index contributed by atoms with van der Waals surface area (Å²) in [7, 11) is 3.32. The minimum absolute atomic E-state index is 0.0911. The van der Waals surface area contributed by atoms with E-state index in [0.29, 0.717) is 19.6 Å². The number of carbonyl (C=O) groups is 1. The van der Waals surface area contributed by atoms with Crippen LogP contribution in [0.5, 0.6) is 0 Å². The van der Waals surface area contributed by atoms with Gasteiger partial charge in [0.15, 0.2) is 0 Å². The molecule has 1 aromatic rings. The van der Waals surface area contributed by atoms with E-state index in [9.17, 15) is 4.79 Å². The van der Waals surface area contributed by atoms with Gasteiger partial charge in [-0.2, -0.15) is 0 Å². The maximum Gasteiger partial charge on any atom is 0.239 e. The topological polar surface area (TPSA) is 84.2 Å². The number of H-pyrrole nitrogens is 1. The first-order chi connectivity index (χ1) is 7.65. The van der Waals surface area contributed by atoms with E-state index in [1.165, 1.54) is 0 Å². The summed E-state index contributed by atoms with van der Waals surface area (Å²) in [6, 6.07) is -0.540. The summed E-state index contributed by atoms with van der Waals surface area (Å²) in [6.07, 6.45) is 3.71. The molecule has 0 radical (unpaired) electrons. The van der Waals surface area contributed by atoms with Gasteiger partial charge >= 0.3 is 0 Å². The van der Waals surface area contributed by atoms with Gasteiger partial charge in [0.05, 0.1) is 19.0 Å². The Balaban J connectivity index is 2.41. The summed E-state index contributed by atoms with van der Waals surface area (Å²) < 4.78 is 4.90. The van der Waals surface area contributed by atoms with E-state index in [1.807, 2.05) is 0 Å². The first kappa shape index (κ1) is 12.7. The number of aromatic amines is 1. The standard InChI is InChI=1S/C10H18N4O2/c1-14(3-4-16-2)10(15)9(11)5-8-6-12-7-13-8/h6-7,9H,3-5,11H2,1-2H3,(H,12,13)/t9-/m0/s1. The SMILES string of the molecule is COCCN(C)C(=O)[C@@H](N)Cc1cnc[nH]1. The van der Waals surface area contributed by atoms with E-state index in [-0.39, 0.29) is 5.91 Å². The Bertz CT molecular complexity index is 313. The number of amides is 1. The molecule has 0 aromatic carbocycles. The van der Waals surface area contributed by atoms with E-state index in [4.69, 9.17) is 10.5 Å². The zero-order valence-corrected chi connectivity index (χ0v) is 9.64. The Kier molecular flexibility index (Phi) is 4.94. The summed E-state index contributed by atoms with van der Waals surface area (Å²) in [5, 5.41) is 0. The Labute approximate surface area is 94.8 Å². The van der Waals surface area contributed by atoms with Crippen molar-refractivity contribution in [1.82, 2.24) is 14.9 Å². The van der Waals surface area contributed by atoms with Crippen LogP contribution in [0.3, 0.4) is 0 Å². The van der Waals surface area contributed by atoms with Crippen molar-refractivity contribution < 1.29 is 9.53 Å². The van der Waals surface area contributed by atoms with E-state index < -0.39 is 6.04 Å². The summed E-state index contributed by atoms with van der Waals surface area (Å²) in [5.74, 6) is -0.0911. The largest absolute Gasteiger partial charge is 0.383 e. The van der Waals surface area contributed by atoms with Crippen LogP contribution in [0, 0.1) is 0 Å². The van der Waals surface area contributed by atoms with Crippen molar-refractivity contribution in [2.45, 2.75) is 12.5 Å². The molecule has 1 atom stereocenters. The molecular weight excluding hydrogens is 208 g/mol. The molecule has 0 aliphatic carbocycles. The predicted molar refractivity (Wildman–Crippen MR) is 59.8 cm³/mol. The summed E-state index contributed by atoms with van der Waals surface area (Å²) >= 11 is 0. The second kappa shape index (κ2) is 6.24. The molecule has 1 amide bonds. The highest BCUT2D eigenvalue weighted by Gasteiger charge is 2.18. The summed E-state index contributed by atoms with van der Waals surface area (Å²) in [6.45, 7) is 1.06. The number of rotatable bonds is 6. The summed E-state index contributed by atoms with van der Waals surface area (Å²) in [5.41, 5.74) is 6.66. The van der Waals surface area contributed by atoms with Crippen LogP contribution in [0.4, 0.5) is 0 Å². The third kappa shape index (κ3) is 3.63. The van der Waals surface area contributed by atoms with Crippen LogP contribution in [0.15, 0.2) is 12.5 Å². The first-order valence-corrected chi connectivity index (χ1v) is 5.12. The van der Waals surface area contributed by atoms with E-state index in [0.717, 1.165) is 5.69 Å². The molecule has 0 aliphatic heterocycles. The first-order valence-electron chi connectivity index (χ1n) is 5.12. The molecule has 0 aliphatic rings. The van der Waals surface area contributed by atoms with Crippen molar-refractivity contribution in [1.29, 1.82) is 0 Å². The number of methoxy groups -OCH3 is 1. The number of carbonyl (C=O) groups excluding carboxylic acids is 1. The molecule has 1 heterocycles. The van der Waals surface area contributed by atoms with E-state index in [1.54, 1.807) is 31.6 Å². The highest BCUT2D eigenvalue weighted by molar-refractivity contribution is 5.81. The number of likely N-dealkylation sites (N-methyl/N-ethyl adjacent to an activating group) is 1. The van der Waals surface area contributed by atoms with Crippen molar-refractivity contribution in [3.63, 3.8) is 0 Å². The quantitative estimate of drug-likeness (QED) is 0.677. The van der Waals surface area contributed by atoms with Crippen molar-refractivity contribution in [3.05, 3.63) is 18.2 Å².